The molecule has 0 spiro atoms. The van der Waals surface area contributed by atoms with Gasteiger partial charge in [-0.15, -0.1) is 0 Å². The van der Waals surface area contributed by atoms with Crippen molar-refractivity contribution in [3.8, 4) is 5.75 Å². The van der Waals surface area contributed by atoms with Crippen LogP contribution in [-0.2, 0) is 14.3 Å². The van der Waals surface area contributed by atoms with E-state index in [1.54, 1.807) is 24.3 Å². The summed E-state index contributed by atoms with van der Waals surface area (Å²) in [6, 6.07) is 9.06. The van der Waals surface area contributed by atoms with Crippen LogP contribution in [0, 0.1) is 11.6 Å². The summed E-state index contributed by atoms with van der Waals surface area (Å²) in [5.41, 5.74) is -1.58. The van der Waals surface area contributed by atoms with E-state index in [1.807, 2.05) is 0 Å². The summed E-state index contributed by atoms with van der Waals surface area (Å²) in [4.78, 5) is 23.9. The first kappa shape index (κ1) is 19.7. The molecule has 0 aliphatic carbocycles. The van der Waals surface area contributed by atoms with Gasteiger partial charge in [0.25, 0.3) is 5.91 Å². The highest BCUT2D eigenvalue weighted by atomic mass is 35.5. The highest BCUT2D eigenvalue weighted by Crippen LogP contribution is 2.22. The van der Waals surface area contributed by atoms with Crippen molar-refractivity contribution < 1.29 is 27.8 Å². The largest absolute Gasteiger partial charge is 0.476 e. The fraction of sp³-hybridized carbons (Fsp3) is 0.222. The molecule has 0 saturated heterocycles. The molecule has 2 rings (SSSR count). The number of anilines is 1. The second-order valence-electron chi connectivity index (χ2n) is 5.81. The standard InChI is InChI=1S/C18H16ClF2NO4/c1-18(2,26-13-6-3-11(19)4-7-13)17(24)25-10-16(23)22-15-8-5-12(20)9-14(15)21/h3-9H,10H2,1-2H3,(H,22,23). The van der Waals surface area contributed by atoms with Crippen LogP contribution < -0.4 is 10.1 Å². The summed E-state index contributed by atoms with van der Waals surface area (Å²) in [7, 11) is 0. The lowest BCUT2D eigenvalue weighted by Gasteiger charge is -2.24. The third kappa shape index (κ3) is 5.42. The quantitative estimate of drug-likeness (QED) is 0.767. The minimum absolute atomic E-state index is 0.218. The van der Waals surface area contributed by atoms with Crippen LogP contribution in [0.1, 0.15) is 13.8 Å². The third-order valence-corrected chi connectivity index (χ3v) is 3.47. The number of esters is 1. The van der Waals surface area contributed by atoms with Crippen molar-refractivity contribution in [1.82, 2.24) is 0 Å². The highest BCUT2D eigenvalue weighted by Gasteiger charge is 2.32. The molecule has 0 unspecified atom stereocenters. The van der Waals surface area contributed by atoms with Gasteiger partial charge >= 0.3 is 5.97 Å². The number of carbonyl (C=O) groups is 2. The van der Waals surface area contributed by atoms with Crippen LogP contribution in [0.2, 0.25) is 5.02 Å². The van der Waals surface area contributed by atoms with E-state index in [-0.39, 0.29) is 5.69 Å². The van der Waals surface area contributed by atoms with E-state index in [0.717, 1.165) is 12.1 Å². The minimum atomic E-state index is -1.37. The Bertz CT molecular complexity index is 809. The van der Waals surface area contributed by atoms with Gasteiger partial charge in [-0.1, -0.05) is 11.6 Å². The Morgan fingerprint density at radius 2 is 1.77 bits per heavy atom. The van der Waals surface area contributed by atoms with Crippen molar-refractivity contribution in [3.63, 3.8) is 0 Å². The van der Waals surface area contributed by atoms with Crippen molar-refractivity contribution in [2.75, 3.05) is 11.9 Å². The first-order valence-electron chi connectivity index (χ1n) is 7.54. The number of halogens is 3. The van der Waals surface area contributed by atoms with Gasteiger partial charge in [0.1, 0.15) is 17.4 Å². The lowest BCUT2D eigenvalue weighted by atomic mass is 10.1. The normalized spacial score (nSPS) is 11.0. The third-order valence-electron chi connectivity index (χ3n) is 3.22. The van der Waals surface area contributed by atoms with E-state index >= 15 is 0 Å². The molecule has 0 aliphatic rings. The minimum Gasteiger partial charge on any atom is -0.476 e. The average Bonchev–Trinajstić information content (AvgIpc) is 2.57. The van der Waals surface area contributed by atoms with Gasteiger partial charge in [-0.3, -0.25) is 4.79 Å². The summed E-state index contributed by atoms with van der Waals surface area (Å²) in [5.74, 6) is -2.87. The van der Waals surface area contributed by atoms with Gasteiger partial charge in [-0.2, -0.15) is 0 Å². The van der Waals surface area contributed by atoms with Crippen molar-refractivity contribution in [3.05, 3.63) is 59.1 Å². The smallest absolute Gasteiger partial charge is 0.350 e. The van der Waals surface area contributed by atoms with Gasteiger partial charge < -0.3 is 14.8 Å². The topological polar surface area (TPSA) is 64.6 Å². The predicted octanol–water partition coefficient (Wildman–Crippen LogP) is 3.96. The van der Waals surface area contributed by atoms with E-state index in [0.29, 0.717) is 16.8 Å². The number of carbonyl (C=O) groups excluding carboxylic acids is 2. The first-order chi connectivity index (χ1) is 12.2. The summed E-state index contributed by atoms with van der Waals surface area (Å²) in [6.07, 6.45) is 0. The SMILES string of the molecule is CC(C)(Oc1ccc(Cl)cc1)C(=O)OCC(=O)Nc1ccc(F)cc1F. The first-order valence-corrected chi connectivity index (χ1v) is 7.92. The second-order valence-corrected chi connectivity index (χ2v) is 6.25. The molecule has 8 heteroatoms. The number of benzene rings is 2. The Balaban J connectivity index is 1.89. The van der Waals surface area contributed by atoms with Gasteiger partial charge in [0.2, 0.25) is 0 Å². The molecule has 1 N–H and O–H groups in total. The average molecular weight is 384 g/mol. The summed E-state index contributed by atoms with van der Waals surface area (Å²) < 4.78 is 36.7. The van der Waals surface area contributed by atoms with Crippen LogP contribution in [0.3, 0.4) is 0 Å². The van der Waals surface area contributed by atoms with Gasteiger partial charge in [-0.25, -0.2) is 13.6 Å². The molecule has 0 fully saturated rings. The fourth-order valence-electron chi connectivity index (χ4n) is 1.92. The zero-order chi connectivity index (χ0) is 19.3. The molecule has 0 heterocycles. The molecule has 0 atom stereocenters. The van der Waals surface area contributed by atoms with Crippen LogP contribution in [0.5, 0.6) is 5.75 Å². The Morgan fingerprint density at radius 1 is 1.12 bits per heavy atom. The number of ether oxygens (including phenoxy) is 2. The van der Waals surface area contributed by atoms with Gasteiger partial charge in [0.05, 0.1) is 5.69 Å². The number of nitrogens with one attached hydrogen (secondary N) is 1. The molecular formula is C18H16ClF2NO4. The summed E-state index contributed by atoms with van der Waals surface area (Å²) in [6.45, 7) is 2.30. The van der Waals surface area contributed by atoms with Crippen molar-refractivity contribution >= 4 is 29.2 Å². The number of hydrogen-bond acceptors (Lipinski definition) is 4. The van der Waals surface area contributed by atoms with E-state index in [9.17, 15) is 18.4 Å². The molecule has 26 heavy (non-hydrogen) atoms. The van der Waals surface area contributed by atoms with Gasteiger partial charge in [0.15, 0.2) is 12.2 Å². The monoisotopic (exact) mass is 383 g/mol. The summed E-state index contributed by atoms with van der Waals surface area (Å²) in [5, 5.41) is 2.70. The zero-order valence-electron chi connectivity index (χ0n) is 14.0. The van der Waals surface area contributed by atoms with Crippen molar-refractivity contribution in [1.29, 1.82) is 0 Å². The van der Waals surface area contributed by atoms with E-state index in [4.69, 9.17) is 21.1 Å². The van der Waals surface area contributed by atoms with Gasteiger partial charge in [0, 0.05) is 11.1 Å². The van der Waals surface area contributed by atoms with Crippen LogP contribution in [0.25, 0.3) is 0 Å². The van der Waals surface area contributed by atoms with Crippen molar-refractivity contribution in [2.24, 2.45) is 0 Å². The molecule has 5 nitrogen and oxygen atoms in total. The Morgan fingerprint density at radius 3 is 2.38 bits per heavy atom. The Kier molecular flexibility index (Phi) is 6.15. The van der Waals surface area contributed by atoms with E-state index in [1.165, 1.54) is 13.8 Å². The Labute approximate surface area is 153 Å². The maximum atomic E-state index is 13.5. The molecule has 138 valence electrons. The lowest BCUT2D eigenvalue weighted by Crippen LogP contribution is -2.41. The molecule has 1 amide bonds. The number of amides is 1. The van der Waals surface area contributed by atoms with Crippen LogP contribution in [0.4, 0.5) is 14.5 Å². The Hall–Kier alpha value is -2.67. The maximum Gasteiger partial charge on any atom is 0.350 e. The zero-order valence-corrected chi connectivity index (χ0v) is 14.8. The van der Waals surface area contributed by atoms with Gasteiger partial charge in [-0.05, 0) is 50.2 Å². The molecular weight excluding hydrogens is 368 g/mol. The predicted molar refractivity (Wildman–Crippen MR) is 92.1 cm³/mol. The molecule has 0 aliphatic heterocycles. The fourth-order valence-corrected chi connectivity index (χ4v) is 2.05. The maximum absolute atomic E-state index is 13.5. The lowest BCUT2D eigenvalue weighted by molar-refractivity contribution is -0.161. The second kappa shape index (κ2) is 8.14. The van der Waals surface area contributed by atoms with Crippen LogP contribution in [-0.4, -0.2) is 24.1 Å². The van der Waals surface area contributed by atoms with Crippen LogP contribution in [0.15, 0.2) is 42.5 Å². The molecule has 2 aromatic rings. The number of rotatable bonds is 6. The number of hydrogen-bond donors (Lipinski definition) is 1. The van der Waals surface area contributed by atoms with E-state index in [2.05, 4.69) is 5.32 Å². The highest BCUT2D eigenvalue weighted by molar-refractivity contribution is 6.30. The molecule has 2 aromatic carbocycles. The molecule has 0 radical (unpaired) electrons. The van der Waals surface area contributed by atoms with Crippen LogP contribution >= 0.6 is 11.6 Å². The molecule has 0 aromatic heterocycles. The summed E-state index contributed by atoms with van der Waals surface area (Å²) >= 11 is 5.78. The van der Waals surface area contributed by atoms with E-state index < -0.39 is 35.7 Å². The molecule has 0 saturated carbocycles. The van der Waals surface area contributed by atoms with Crippen molar-refractivity contribution in [2.45, 2.75) is 19.4 Å². The molecule has 0 bridgehead atoms.